The highest BCUT2D eigenvalue weighted by Gasteiger charge is 2.17. The van der Waals surface area contributed by atoms with Crippen LogP contribution in [0.3, 0.4) is 0 Å². The number of hydrogen-bond donors (Lipinski definition) is 1. The molecule has 0 fully saturated rings. The summed E-state index contributed by atoms with van der Waals surface area (Å²) in [5, 5.41) is 10.8. The van der Waals surface area contributed by atoms with Gasteiger partial charge in [0.25, 0.3) is 0 Å². The van der Waals surface area contributed by atoms with Gasteiger partial charge in [-0.1, -0.05) is 48.0 Å². The molecule has 0 aliphatic heterocycles. The molecular weight excluding hydrogens is 427 g/mol. The average Bonchev–Trinajstić information content (AvgIpc) is 2.48. The zero-order valence-corrected chi connectivity index (χ0v) is 15.4. The third kappa shape index (κ3) is 3.43. The minimum Gasteiger partial charge on any atom is -0.384 e. The molecule has 0 bridgehead atoms. The van der Waals surface area contributed by atoms with Crippen LogP contribution in [-0.2, 0) is 12.8 Å². The molecule has 1 atom stereocenters. The van der Waals surface area contributed by atoms with Gasteiger partial charge in [0.05, 0.1) is 0 Å². The predicted octanol–water partition coefficient (Wildman–Crippen LogP) is 5.26. The molecule has 0 heterocycles. The predicted molar refractivity (Wildman–Crippen MR) is 96.1 cm³/mol. The highest BCUT2D eigenvalue weighted by molar-refractivity contribution is 14.1. The zero-order valence-electron chi connectivity index (χ0n) is 11.7. The van der Waals surface area contributed by atoms with E-state index in [9.17, 15) is 5.11 Å². The van der Waals surface area contributed by atoms with Crippen molar-refractivity contribution in [2.45, 2.75) is 32.8 Å². The lowest BCUT2D eigenvalue weighted by atomic mass is 9.93. The van der Waals surface area contributed by atoms with Gasteiger partial charge in [-0.3, -0.25) is 0 Å². The normalized spacial score (nSPS) is 12.4. The molecule has 0 spiro atoms. The van der Waals surface area contributed by atoms with E-state index in [1.54, 1.807) is 0 Å². The minimum atomic E-state index is -0.583. The van der Waals surface area contributed by atoms with Crippen molar-refractivity contribution >= 4 is 38.5 Å². The number of aliphatic hydroxyl groups is 1. The lowest BCUT2D eigenvalue weighted by Gasteiger charge is -2.18. The van der Waals surface area contributed by atoms with Crippen molar-refractivity contribution in [3.05, 3.63) is 66.7 Å². The minimum absolute atomic E-state index is 0.583. The maximum absolute atomic E-state index is 10.8. The van der Waals surface area contributed by atoms with Gasteiger partial charge >= 0.3 is 0 Å². The van der Waals surface area contributed by atoms with Crippen molar-refractivity contribution in [3.8, 4) is 0 Å². The van der Waals surface area contributed by atoms with Crippen molar-refractivity contribution in [1.82, 2.24) is 0 Å². The van der Waals surface area contributed by atoms with E-state index in [4.69, 9.17) is 0 Å². The Balaban J connectivity index is 2.51. The fourth-order valence-electron chi connectivity index (χ4n) is 2.33. The van der Waals surface area contributed by atoms with Gasteiger partial charge in [-0.25, -0.2) is 0 Å². The van der Waals surface area contributed by atoms with E-state index < -0.39 is 6.10 Å². The summed E-state index contributed by atoms with van der Waals surface area (Å²) in [7, 11) is 0. The van der Waals surface area contributed by atoms with E-state index in [1.807, 2.05) is 18.2 Å². The van der Waals surface area contributed by atoms with Crippen molar-refractivity contribution in [2.75, 3.05) is 0 Å². The van der Waals surface area contributed by atoms with Gasteiger partial charge in [0.2, 0.25) is 0 Å². The fraction of sp³-hybridized carbons (Fsp3) is 0.294. The number of aryl methyl sites for hydroxylation is 2. The second-order valence-corrected chi connectivity index (χ2v) is 6.91. The van der Waals surface area contributed by atoms with Crippen LogP contribution in [0.2, 0.25) is 0 Å². The smallest absolute Gasteiger partial charge is 0.105 e. The molecule has 2 aromatic carbocycles. The Morgan fingerprint density at radius 3 is 2.45 bits per heavy atom. The monoisotopic (exact) mass is 444 g/mol. The molecular formula is C17H18BrIO. The van der Waals surface area contributed by atoms with Crippen molar-refractivity contribution in [1.29, 1.82) is 0 Å². The summed E-state index contributed by atoms with van der Waals surface area (Å²) in [6.45, 7) is 4.26. The molecule has 106 valence electrons. The van der Waals surface area contributed by atoms with Crippen LogP contribution in [0.15, 0.2) is 40.9 Å². The van der Waals surface area contributed by atoms with Crippen molar-refractivity contribution in [2.24, 2.45) is 0 Å². The van der Waals surface area contributed by atoms with E-state index in [2.05, 4.69) is 70.6 Å². The first-order valence-electron chi connectivity index (χ1n) is 6.81. The third-order valence-corrected chi connectivity index (χ3v) is 4.94. The van der Waals surface area contributed by atoms with Gasteiger partial charge in [-0.2, -0.15) is 0 Å². The second-order valence-electron chi connectivity index (χ2n) is 4.81. The Hall–Kier alpha value is -0.390. The largest absolute Gasteiger partial charge is 0.384 e. The van der Waals surface area contributed by atoms with Crippen molar-refractivity contribution in [3.63, 3.8) is 0 Å². The van der Waals surface area contributed by atoms with Gasteiger partial charge < -0.3 is 5.11 Å². The summed E-state index contributed by atoms with van der Waals surface area (Å²) in [6, 6.07) is 12.5. The summed E-state index contributed by atoms with van der Waals surface area (Å²) in [5.41, 5.74) is 4.42. The molecule has 1 N–H and O–H groups in total. The SMILES string of the molecule is CCc1ccc(CC)c(C(O)c2cc(I)ccc2Br)c1. The molecule has 0 saturated heterocycles. The molecule has 1 unspecified atom stereocenters. The van der Waals surface area contributed by atoms with E-state index in [0.717, 1.165) is 32.0 Å². The Labute approximate surface area is 142 Å². The van der Waals surface area contributed by atoms with Crippen LogP contribution in [0.5, 0.6) is 0 Å². The van der Waals surface area contributed by atoms with Crippen LogP contribution in [0.4, 0.5) is 0 Å². The van der Waals surface area contributed by atoms with Gasteiger partial charge in [0.1, 0.15) is 6.10 Å². The van der Waals surface area contributed by atoms with Crippen LogP contribution in [0.25, 0.3) is 0 Å². The van der Waals surface area contributed by atoms with Crippen LogP contribution >= 0.6 is 38.5 Å². The standard InChI is InChI=1S/C17H18BrIO/c1-3-11-5-6-12(4-2)14(9-11)17(20)15-10-13(19)7-8-16(15)18/h5-10,17,20H,3-4H2,1-2H3. The first kappa shape index (κ1) is 16.0. The maximum atomic E-state index is 10.8. The van der Waals surface area contributed by atoms with Gasteiger partial charge in [-0.15, -0.1) is 0 Å². The lowest BCUT2D eigenvalue weighted by Crippen LogP contribution is -2.05. The first-order valence-corrected chi connectivity index (χ1v) is 8.68. The Morgan fingerprint density at radius 1 is 1.05 bits per heavy atom. The van der Waals surface area contributed by atoms with Crippen LogP contribution in [0, 0.1) is 3.57 Å². The van der Waals surface area contributed by atoms with Crippen molar-refractivity contribution < 1.29 is 5.11 Å². The molecule has 2 aromatic rings. The number of halogens is 2. The second kappa shape index (κ2) is 7.05. The number of benzene rings is 2. The first-order chi connectivity index (χ1) is 9.56. The molecule has 1 nitrogen and oxygen atoms in total. The highest BCUT2D eigenvalue weighted by Crippen LogP contribution is 2.32. The summed E-state index contributed by atoms with van der Waals surface area (Å²) >= 11 is 5.82. The average molecular weight is 445 g/mol. The molecule has 0 amide bonds. The lowest BCUT2D eigenvalue weighted by molar-refractivity contribution is 0.218. The highest BCUT2D eigenvalue weighted by atomic mass is 127. The summed E-state index contributed by atoms with van der Waals surface area (Å²) in [5.74, 6) is 0. The summed E-state index contributed by atoms with van der Waals surface area (Å²) < 4.78 is 2.08. The van der Waals surface area contributed by atoms with Gasteiger partial charge in [0.15, 0.2) is 0 Å². The third-order valence-electron chi connectivity index (χ3n) is 3.55. The van der Waals surface area contributed by atoms with Crippen LogP contribution in [-0.4, -0.2) is 5.11 Å². The molecule has 0 aliphatic rings. The molecule has 20 heavy (non-hydrogen) atoms. The quantitative estimate of drug-likeness (QED) is 0.637. The van der Waals surface area contributed by atoms with Gasteiger partial charge in [-0.05, 0) is 70.3 Å². The van der Waals surface area contributed by atoms with Crippen LogP contribution in [0.1, 0.15) is 42.2 Å². The Bertz CT molecular complexity index is 610. The molecule has 0 aliphatic carbocycles. The molecule has 0 saturated carbocycles. The van der Waals surface area contributed by atoms with E-state index in [0.29, 0.717) is 0 Å². The Morgan fingerprint density at radius 2 is 1.80 bits per heavy atom. The summed E-state index contributed by atoms with van der Waals surface area (Å²) in [4.78, 5) is 0. The summed E-state index contributed by atoms with van der Waals surface area (Å²) in [6.07, 6.45) is 1.33. The maximum Gasteiger partial charge on any atom is 0.105 e. The van der Waals surface area contributed by atoms with Crippen LogP contribution < -0.4 is 0 Å². The Kier molecular flexibility index (Phi) is 5.64. The molecule has 2 rings (SSSR count). The molecule has 0 aromatic heterocycles. The fourth-order valence-corrected chi connectivity index (χ4v) is 3.31. The van der Waals surface area contributed by atoms with E-state index in [1.165, 1.54) is 11.1 Å². The zero-order chi connectivity index (χ0) is 14.7. The van der Waals surface area contributed by atoms with Gasteiger partial charge in [0, 0.05) is 13.6 Å². The molecule has 0 radical (unpaired) electrons. The topological polar surface area (TPSA) is 20.2 Å². The number of aliphatic hydroxyl groups excluding tert-OH is 1. The number of rotatable bonds is 4. The number of hydrogen-bond acceptors (Lipinski definition) is 1. The van der Waals surface area contributed by atoms with E-state index in [-0.39, 0.29) is 0 Å². The van der Waals surface area contributed by atoms with E-state index >= 15 is 0 Å². The molecule has 3 heteroatoms.